The monoisotopic (exact) mass is 412 g/mol. The Hall–Kier alpha value is -3.70. The summed E-state index contributed by atoms with van der Waals surface area (Å²) in [6.45, 7) is 1.96. The van der Waals surface area contributed by atoms with Gasteiger partial charge in [0.1, 0.15) is 5.70 Å². The summed E-state index contributed by atoms with van der Waals surface area (Å²) < 4.78 is 0. The second kappa shape index (κ2) is 8.76. The largest absolute Gasteiger partial charge is 0.321 e. The standard InChI is InChI=1S/C25H20N2O2S/c1-17-8-10-19(11-9-17)24(28)27-23(16-22-7-4-14-30-22)25(29)26-21-13-12-18-5-2-3-6-20(18)15-21/h2-16H,1H3,(H,26,29)(H,27,28)/b23-16-. The van der Waals surface area contributed by atoms with Gasteiger partial charge in [0.25, 0.3) is 11.8 Å². The molecule has 30 heavy (non-hydrogen) atoms. The van der Waals surface area contributed by atoms with E-state index < -0.39 is 0 Å². The van der Waals surface area contributed by atoms with Crippen molar-refractivity contribution in [3.63, 3.8) is 0 Å². The predicted octanol–water partition coefficient (Wildman–Crippen LogP) is 5.62. The summed E-state index contributed by atoms with van der Waals surface area (Å²) in [7, 11) is 0. The lowest BCUT2D eigenvalue weighted by Gasteiger charge is -2.12. The molecule has 1 heterocycles. The fraction of sp³-hybridized carbons (Fsp3) is 0.0400. The number of anilines is 1. The van der Waals surface area contributed by atoms with Gasteiger partial charge < -0.3 is 10.6 Å². The molecular formula is C25H20N2O2S. The van der Waals surface area contributed by atoms with Crippen molar-refractivity contribution in [3.05, 3.63) is 106 Å². The van der Waals surface area contributed by atoms with Gasteiger partial charge in [0.15, 0.2) is 0 Å². The quantitative estimate of drug-likeness (QED) is 0.418. The maximum atomic E-state index is 13.0. The van der Waals surface area contributed by atoms with E-state index in [-0.39, 0.29) is 17.5 Å². The molecule has 3 aromatic carbocycles. The number of nitrogens with one attached hydrogen (secondary N) is 2. The van der Waals surface area contributed by atoms with E-state index in [0.29, 0.717) is 11.3 Å². The highest BCUT2D eigenvalue weighted by atomic mass is 32.1. The summed E-state index contributed by atoms with van der Waals surface area (Å²) in [5.41, 5.74) is 2.42. The molecule has 0 aliphatic carbocycles. The molecule has 1 aromatic heterocycles. The predicted molar refractivity (Wildman–Crippen MR) is 124 cm³/mol. The molecule has 0 radical (unpaired) electrons. The SMILES string of the molecule is Cc1ccc(C(=O)N/C(=C\c2cccs2)C(=O)Nc2ccc3ccccc3c2)cc1. The van der Waals surface area contributed by atoms with Crippen molar-refractivity contribution >= 4 is 45.7 Å². The van der Waals surface area contributed by atoms with Crippen molar-refractivity contribution < 1.29 is 9.59 Å². The van der Waals surface area contributed by atoms with E-state index in [0.717, 1.165) is 21.2 Å². The third-order valence-electron chi connectivity index (χ3n) is 4.64. The molecule has 0 unspecified atom stereocenters. The van der Waals surface area contributed by atoms with E-state index in [1.807, 2.05) is 79.0 Å². The van der Waals surface area contributed by atoms with Crippen LogP contribution in [-0.2, 0) is 4.79 Å². The van der Waals surface area contributed by atoms with Crippen LogP contribution in [0.1, 0.15) is 20.8 Å². The lowest BCUT2D eigenvalue weighted by atomic mass is 10.1. The lowest BCUT2D eigenvalue weighted by Crippen LogP contribution is -2.30. The fourth-order valence-corrected chi connectivity index (χ4v) is 3.70. The molecule has 0 spiro atoms. The Morgan fingerprint density at radius 2 is 1.63 bits per heavy atom. The lowest BCUT2D eigenvalue weighted by molar-refractivity contribution is -0.113. The summed E-state index contributed by atoms with van der Waals surface area (Å²) in [6, 6.07) is 24.7. The Bertz CT molecular complexity index is 1230. The van der Waals surface area contributed by atoms with Crippen LogP contribution in [0.5, 0.6) is 0 Å². The van der Waals surface area contributed by atoms with Gasteiger partial charge in [-0.3, -0.25) is 9.59 Å². The van der Waals surface area contributed by atoms with Crippen molar-refractivity contribution in [1.29, 1.82) is 0 Å². The fourth-order valence-electron chi connectivity index (χ4n) is 3.04. The van der Waals surface area contributed by atoms with Gasteiger partial charge in [0, 0.05) is 16.1 Å². The van der Waals surface area contributed by atoms with Crippen LogP contribution in [0.3, 0.4) is 0 Å². The molecule has 0 saturated heterocycles. The van der Waals surface area contributed by atoms with Gasteiger partial charge in [-0.2, -0.15) is 0 Å². The molecule has 0 atom stereocenters. The summed E-state index contributed by atoms with van der Waals surface area (Å²) in [5, 5.41) is 9.71. The van der Waals surface area contributed by atoms with Crippen LogP contribution in [0.25, 0.3) is 16.8 Å². The Labute approximate surface area is 178 Å². The Kier molecular flexibility index (Phi) is 5.72. The Morgan fingerprint density at radius 1 is 0.867 bits per heavy atom. The van der Waals surface area contributed by atoms with Crippen LogP contribution in [0, 0.1) is 6.92 Å². The van der Waals surface area contributed by atoms with Crippen molar-refractivity contribution in [2.24, 2.45) is 0 Å². The third-order valence-corrected chi connectivity index (χ3v) is 5.46. The van der Waals surface area contributed by atoms with Gasteiger partial charge in [0.05, 0.1) is 0 Å². The minimum absolute atomic E-state index is 0.191. The number of carbonyl (C=O) groups excluding carboxylic acids is 2. The number of rotatable bonds is 5. The summed E-state index contributed by atoms with van der Waals surface area (Å²) in [5.74, 6) is -0.703. The molecular weight excluding hydrogens is 392 g/mol. The number of hydrogen-bond acceptors (Lipinski definition) is 3. The smallest absolute Gasteiger partial charge is 0.272 e. The molecule has 148 valence electrons. The highest BCUT2D eigenvalue weighted by molar-refractivity contribution is 7.10. The summed E-state index contributed by atoms with van der Waals surface area (Å²) in [6.07, 6.45) is 1.69. The molecule has 2 amide bonds. The number of hydrogen-bond donors (Lipinski definition) is 2. The Balaban J connectivity index is 1.59. The third kappa shape index (κ3) is 4.64. The molecule has 5 heteroatoms. The first-order valence-electron chi connectivity index (χ1n) is 9.52. The zero-order valence-electron chi connectivity index (χ0n) is 16.4. The number of aryl methyl sites for hydroxylation is 1. The zero-order valence-corrected chi connectivity index (χ0v) is 17.2. The molecule has 0 bridgehead atoms. The average molecular weight is 413 g/mol. The van der Waals surface area contributed by atoms with Crippen LogP contribution >= 0.6 is 11.3 Å². The summed E-state index contributed by atoms with van der Waals surface area (Å²) >= 11 is 1.49. The highest BCUT2D eigenvalue weighted by Crippen LogP contribution is 2.20. The minimum Gasteiger partial charge on any atom is -0.321 e. The van der Waals surface area contributed by atoms with Crippen molar-refractivity contribution in [1.82, 2.24) is 5.32 Å². The second-order valence-corrected chi connectivity index (χ2v) is 7.89. The molecule has 0 saturated carbocycles. The second-order valence-electron chi connectivity index (χ2n) is 6.91. The first kappa shape index (κ1) is 19.6. The first-order valence-corrected chi connectivity index (χ1v) is 10.4. The van der Waals surface area contributed by atoms with E-state index in [9.17, 15) is 9.59 Å². The molecule has 0 aliphatic heterocycles. The first-order chi connectivity index (χ1) is 14.6. The maximum Gasteiger partial charge on any atom is 0.272 e. The van der Waals surface area contributed by atoms with Gasteiger partial charge in [-0.1, -0.05) is 54.1 Å². The van der Waals surface area contributed by atoms with Crippen LogP contribution in [0.15, 0.2) is 89.9 Å². The number of benzene rings is 3. The van der Waals surface area contributed by atoms with E-state index in [1.165, 1.54) is 11.3 Å². The van der Waals surface area contributed by atoms with Crippen molar-refractivity contribution in [2.45, 2.75) is 6.92 Å². The number of fused-ring (bicyclic) bond motifs is 1. The summed E-state index contributed by atoms with van der Waals surface area (Å²) in [4.78, 5) is 26.6. The normalized spacial score (nSPS) is 11.3. The van der Waals surface area contributed by atoms with Gasteiger partial charge in [0.2, 0.25) is 0 Å². The molecule has 4 rings (SSSR count). The molecule has 4 aromatic rings. The topological polar surface area (TPSA) is 58.2 Å². The zero-order chi connectivity index (χ0) is 20.9. The van der Waals surface area contributed by atoms with Gasteiger partial charge in [-0.05, 0) is 59.5 Å². The maximum absolute atomic E-state index is 13.0. The molecule has 4 nitrogen and oxygen atoms in total. The van der Waals surface area contributed by atoms with Crippen LogP contribution < -0.4 is 10.6 Å². The van der Waals surface area contributed by atoms with Crippen LogP contribution in [0.2, 0.25) is 0 Å². The number of carbonyl (C=O) groups is 2. The van der Waals surface area contributed by atoms with Gasteiger partial charge in [-0.25, -0.2) is 0 Å². The van der Waals surface area contributed by atoms with Crippen LogP contribution in [-0.4, -0.2) is 11.8 Å². The molecule has 0 fully saturated rings. The average Bonchev–Trinajstić information content (AvgIpc) is 3.27. The van der Waals surface area contributed by atoms with Gasteiger partial charge >= 0.3 is 0 Å². The van der Waals surface area contributed by atoms with Crippen molar-refractivity contribution in [2.75, 3.05) is 5.32 Å². The van der Waals surface area contributed by atoms with Crippen LogP contribution in [0.4, 0.5) is 5.69 Å². The minimum atomic E-state index is -0.376. The molecule has 2 N–H and O–H groups in total. The Morgan fingerprint density at radius 3 is 2.37 bits per heavy atom. The van der Waals surface area contributed by atoms with E-state index in [2.05, 4.69) is 10.6 Å². The molecule has 0 aliphatic rings. The van der Waals surface area contributed by atoms with Gasteiger partial charge in [-0.15, -0.1) is 11.3 Å². The van der Waals surface area contributed by atoms with E-state index in [4.69, 9.17) is 0 Å². The number of amides is 2. The van der Waals surface area contributed by atoms with E-state index >= 15 is 0 Å². The van der Waals surface area contributed by atoms with Crippen molar-refractivity contribution in [3.8, 4) is 0 Å². The van der Waals surface area contributed by atoms with E-state index in [1.54, 1.807) is 18.2 Å². The number of thiophene rings is 1. The highest BCUT2D eigenvalue weighted by Gasteiger charge is 2.15.